The fraction of sp³-hybridized carbons (Fsp3) is 0.533. The molecule has 3 rings (SSSR count). The van der Waals surface area contributed by atoms with E-state index in [1.807, 2.05) is 18.2 Å². The predicted molar refractivity (Wildman–Crippen MR) is 79.7 cm³/mol. The molecule has 1 aromatic carbocycles. The van der Waals surface area contributed by atoms with Crippen LogP contribution in [0.5, 0.6) is 5.75 Å². The number of halogens is 1. The molecule has 4 nitrogen and oxygen atoms in total. The molecule has 2 aromatic rings. The SMILES string of the molecule is COc1ccc2nc(CCCl)n(CC3CCCO3)c2c1. The highest BCUT2D eigenvalue weighted by Gasteiger charge is 2.19. The van der Waals surface area contributed by atoms with Gasteiger partial charge < -0.3 is 14.0 Å². The number of hydrogen-bond donors (Lipinski definition) is 0. The highest BCUT2D eigenvalue weighted by molar-refractivity contribution is 6.17. The number of aromatic nitrogens is 2. The monoisotopic (exact) mass is 294 g/mol. The van der Waals surface area contributed by atoms with Gasteiger partial charge in [-0.3, -0.25) is 0 Å². The molecule has 1 saturated heterocycles. The lowest BCUT2D eigenvalue weighted by Gasteiger charge is -2.14. The lowest BCUT2D eigenvalue weighted by Crippen LogP contribution is -2.17. The van der Waals surface area contributed by atoms with E-state index in [1.165, 1.54) is 0 Å². The van der Waals surface area contributed by atoms with Gasteiger partial charge in [0.1, 0.15) is 11.6 Å². The number of hydrogen-bond acceptors (Lipinski definition) is 3. The first-order valence-corrected chi connectivity index (χ1v) is 7.56. The van der Waals surface area contributed by atoms with Crippen molar-refractivity contribution in [1.82, 2.24) is 9.55 Å². The maximum absolute atomic E-state index is 5.90. The van der Waals surface area contributed by atoms with Gasteiger partial charge >= 0.3 is 0 Å². The number of fused-ring (bicyclic) bond motifs is 1. The van der Waals surface area contributed by atoms with Gasteiger partial charge in [0.2, 0.25) is 0 Å². The second-order valence-electron chi connectivity index (χ2n) is 5.07. The predicted octanol–water partition coefficient (Wildman–Crippen LogP) is 3.01. The zero-order valence-electron chi connectivity index (χ0n) is 11.6. The minimum atomic E-state index is 0.285. The molecule has 0 radical (unpaired) electrons. The third kappa shape index (κ3) is 2.63. The van der Waals surface area contributed by atoms with Crippen molar-refractivity contribution >= 4 is 22.6 Å². The Labute approximate surface area is 123 Å². The van der Waals surface area contributed by atoms with E-state index in [9.17, 15) is 0 Å². The van der Waals surface area contributed by atoms with E-state index in [2.05, 4.69) is 9.55 Å². The van der Waals surface area contributed by atoms with Crippen LogP contribution in [-0.4, -0.2) is 35.3 Å². The van der Waals surface area contributed by atoms with E-state index in [-0.39, 0.29) is 6.10 Å². The Balaban J connectivity index is 2.01. The molecule has 20 heavy (non-hydrogen) atoms. The molecular weight excluding hydrogens is 276 g/mol. The Morgan fingerprint density at radius 3 is 3.10 bits per heavy atom. The summed E-state index contributed by atoms with van der Waals surface area (Å²) >= 11 is 5.90. The van der Waals surface area contributed by atoms with Crippen LogP contribution in [0, 0.1) is 0 Å². The molecule has 0 amide bonds. The van der Waals surface area contributed by atoms with Crippen LogP contribution in [0.15, 0.2) is 18.2 Å². The molecule has 0 saturated carbocycles. The molecule has 2 heterocycles. The van der Waals surface area contributed by atoms with Gasteiger partial charge in [0.05, 0.1) is 30.8 Å². The number of methoxy groups -OCH3 is 1. The molecule has 1 aliphatic rings. The number of ether oxygens (including phenoxy) is 2. The summed E-state index contributed by atoms with van der Waals surface area (Å²) in [6.07, 6.45) is 3.31. The molecule has 0 spiro atoms. The number of aryl methyl sites for hydroxylation is 1. The molecule has 1 atom stereocenters. The molecule has 0 bridgehead atoms. The lowest BCUT2D eigenvalue weighted by molar-refractivity contribution is 0.0972. The first-order chi connectivity index (χ1) is 9.81. The Morgan fingerprint density at radius 2 is 2.40 bits per heavy atom. The van der Waals surface area contributed by atoms with Crippen LogP contribution in [0.3, 0.4) is 0 Å². The summed E-state index contributed by atoms with van der Waals surface area (Å²) in [7, 11) is 1.68. The molecular formula is C15H19ClN2O2. The van der Waals surface area contributed by atoms with Crippen LogP contribution < -0.4 is 4.74 Å². The third-order valence-electron chi connectivity index (χ3n) is 3.76. The van der Waals surface area contributed by atoms with Crippen molar-refractivity contribution in [3.05, 3.63) is 24.0 Å². The van der Waals surface area contributed by atoms with Crippen molar-refractivity contribution in [3.8, 4) is 5.75 Å². The van der Waals surface area contributed by atoms with E-state index < -0.39 is 0 Å². The highest BCUT2D eigenvalue weighted by Crippen LogP contribution is 2.24. The van der Waals surface area contributed by atoms with E-state index in [1.54, 1.807) is 7.11 Å². The fourth-order valence-electron chi connectivity index (χ4n) is 2.75. The Hall–Kier alpha value is -1.26. The Bertz CT molecular complexity index is 591. The van der Waals surface area contributed by atoms with Crippen LogP contribution in [0.1, 0.15) is 18.7 Å². The largest absolute Gasteiger partial charge is 0.497 e. The minimum absolute atomic E-state index is 0.285. The fourth-order valence-corrected chi connectivity index (χ4v) is 2.92. The van der Waals surface area contributed by atoms with Crippen LogP contribution in [0.25, 0.3) is 11.0 Å². The summed E-state index contributed by atoms with van der Waals surface area (Å²) in [5.74, 6) is 2.45. The van der Waals surface area contributed by atoms with Gasteiger partial charge in [-0.05, 0) is 25.0 Å². The summed E-state index contributed by atoms with van der Waals surface area (Å²) < 4.78 is 13.3. The molecule has 1 unspecified atom stereocenters. The molecule has 5 heteroatoms. The molecule has 1 fully saturated rings. The molecule has 1 aliphatic heterocycles. The van der Waals surface area contributed by atoms with Crippen molar-refractivity contribution in [2.45, 2.75) is 31.9 Å². The van der Waals surface area contributed by atoms with Gasteiger partial charge in [-0.2, -0.15) is 0 Å². The van der Waals surface area contributed by atoms with E-state index in [0.29, 0.717) is 5.88 Å². The second-order valence-corrected chi connectivity index (χ2v) is 5.45. The summed E-state index contributed by atoms with van der Waals surface area (Å²) in [6, 6.07) is 5.98. The first-order valence-electron chi connectivity index (χ1n) is 7.02. The van der Waals surface area contributed by atoms with Crippen LogP contribution >= 0.6 is 11.6 Å². The van der Waals surface area contributed by atoms with Crippen molar-refractivity contribution in [1.29, 1.82) is 0 Å². The van der Waals surface area contributed by atoms with E-state index in [0.717, 1.165) is 55.0 Å². The second kappa shape index (κ2) is 6.02. The maximum atomic E-state index is 5.90. The highest BCUT2D eigenvalue weighted by atomic mass is 35.5. The molecule has 0 aliphatic carbocycles. The average Bonchev–Trinajstić information content (AvgIpc) is 3.08. The van der Waals surface area contributed by atoms with Gasteiger partial charge in [0.15, 0.2) is 0 Å². The van der Waals surface area contributed by atoms with E-state index >= 15 is 0 Å². The number of benzene rings is 1. The Morgan fingerprint density at radius 1 is 1.50 bits per heavy atom. The normalized spacial score (nSPS) is 18.8. The van der Waals surface area contributed by atoms with Gasteiger partial charge in [-0.1, -0.05) is 0 Å². The quantitative estimate of drug-likeness (QED) is 0.795. The lowest BCUT2D eigenvalue weighted by atomic mass is 10.2. The topological polar surface area (TPSA) is 36.3 Å². The van der Waals surface area contributed by atoms with Gasteiger partial charge in [0.25, 0.3) is 0 Å². The van der Waals surface area contributed by atoms with Gasteiger partial charge in [-0.15, -0.1) is 11.6 Å². The maximum Gasteiger partial charge on any atom is 0.121 e. The summed E-state index contributed by atoms with van der Waals surface area (Å²) in [4.78, 5) is 4.69. The number of rotatable bonds is 5. The zero-order valence-corrected chi connectivity index (χ0v) is 12.4. The van der Waals surface area contributed by atoms with Crippen molar-refractivity contribution in [2.24, 2.45) is 0 Å². The minimum Gasteiger partial charge on any atom is -0.497 e. The van der Waals surface area contributed by atoms with Crippen LogP contribution in [-0.2, 0) is 17.7 Å². The molecule has 1 aromatic heterocycles. The Kier molecular flexibility index (Phi) is 4.13. The standard InChI is InChI=1S/C15H19ClN2O2/c1-19-11-4-5-13-14(9-11)18(15(17-13)6-7-16)10-12-3-2-8-20-12/h4-5,9,12H,2-3,6-8,10H2,1H3. The number of imidazole rings is 1. The summed E-state index contributed by atoms with van der Waals surface area (Å²) in [5.41, 5.74) is 2.09. The number of alkyl halides is 1. The average molecular weight is 295 g/mol. The zero-order chi connectivity index (χ0) is 13.9. The molecule has 0 N–H and O–H groups in total. The van der Waals surface area contributed by atoms with Crippen LogP contribution in [0.4, 0.5) is 0 Å². The van der Waals surface area contributed by atoms with Gasteiger partial charge in [-0.25, -0.2) is 4.98 Å². The van der Waals surface area contributed by atoms with E-state index in [4.69, 9.17) is 21.1 Å². The number of nitrogens with zero attached hydrogens (tertiary/aromatic N) is 2. The first kappa shape index (κ1) is 13.7. The van der Waals surface area contributed by atoms with Crippen molar-refractivity contribution in [2.75, 3.05) is 19.6 Å². The van der Waals surface area contributed by atoms with Gasteiger partial charge in [0, 0.05) is 25.0 Å². The summed E-state index contributed by atoms with van der Waals surface area (Å²) in [6.45, 7) is 1.71. The third-order valence-corrected chi connectivity index (χ3v) is 3.95. The van der Waals surface area contributed by atoms with Crippen LogP contribution in [0.2, 0.25) is 0 Å². The summed E-state index contributed by atoms with van der Waals surface area (Å²) in [5, 5.41) is 0. The van der Waals surface area contributed by atoms with Crippen molar-refractivity contribution in [3.63, 3.8) is 0 Å². The molecule has 108 valence electrons. The van der Waals surface area contributed by atoms with Crippen molar-refractivity contribution < 1.29 is 9.47 Å². The smallest absolute Gasteiger partial charge is 0.121 e.